The van der Waals surface area contributed by atoms with Crippen molar-refractivity contribution in [2.24, 2.45) is 0 Å². The molecule has 0 aliphatic heterocycles. The molecular weight excluding hydrogens is 209 g/mol. The molecule has 0 aromatic carbocycles. The molecule has 0 N–H and O–H groups in total. The third kappa shape index (κ3) is 3.26. The monoisotopic (exact) mass is 212 g/mol. The lowest BCUT2D eigenvalue weighted by Gasteiger charge is -2.08. The van der Waals surface area contributed by atoms with Gasteiger partial charge >= 0.3 is 15.6 Å². The minimum Gasteiger partial charge on any atom is -0.244 e. The smallest absolute Gasteiger partial charge is 0.244 e. The Morgan fingerprint density at radius 3 is 1.91 bits per heavy atom. The van der Waals surface area contributed by atoms with Crippen LogP contribution in [0.5, 0.6) is 0 Å². The van der Waals surface area contributed by atoms with Crippen molar-refractivity contribution in [3.05, 3.63) is 0 Å². The standard InChI is InChI=1S/C3H4ClF3O3S/c1-2(4)10-11(8,9)3(5,6)7/h2H,1H3. The first-order chi connectivity index (χ1) is 4.67. The topological polar surface area (TPSA) is 43.4 Å². The van der Waals surface area contributed by atoms with Gasteiger partial charge in [0.15, 0.2) is 0 Å². The fourth-order valence-electron chi connectivity index (χ4n) is 0.229. The Labute approximate surface area is 66.2 Å². The van der Waals surface area contributed by atoms with Crippen molar-refractivity contribution in [3.8, 4) is 0 Å². The van der Waals surface area contributed by atoms with E-state index in [9.17, 15) is 21.6 Å². The summed E-state index contributed by atoms with van der Waals surface area (Å²) in [5, 5.41) is 0. The molecule has 0 fully saturated rings. The SMILES string of the molecule is CC(Cl)OS(=O)(=O)C(F)(F)F. The molecule has 68 valence electrons. The molecule has 0 aliphatic rings. The molecule has 1 atom stereocenters. The predicted octanol–water partition coefficient (Wildman–Crippen LogP) is 1.44. The average molecular weight is 213 g/mol. The van der Waals surface area contributed by atoms with Crippen molar-refractivity contribution in [1.29, 1.82) is 0 Å². The van der Waals surface area contributed by atoms with Crippen molar-refractivity contribution < 1.29 is 25.8 Å². The van der Waals surface area contributed by atoms with Crippen LogP contribution in [0, 0.1) is 0 Å². The second kappa shape index (κ2) is 3.16. The first-order valence-electron chi connectivity index (χ1n) is 2.30. The Morgan fingerprint density at radius 2 is 1.82 bits per heavy atom. The minimum absolute atomic E-state index is 0.963. The molecule has 0 aliphatic carbocycles. The van der Waals surface area contributed by atoms with Gasteiger partial charge < -0.3 is 0 Å². The Hall–Kier alpha value is -0.0100. The van der Waals surface area contributed by atoms with Crippen LogP contribution >= 0.6 is 11.6 Å². The van der Waals surface area contributed by atoms with Gasteiger partial charge in [0.1, 0.15) is 5.56 Å². The zero-order chi connectivity index (χ0) is 9.28. The summed E-state index contributed by atoms with van der Waals surface area (Å²) in [6, 6.07) is 0. The summed E-state index contributed by atoms with van der Waals surface area (Å²) in [6.07, 6.45) is 0. The van der Waals surface area contributed by atoms with Crippen LogP contribution in [0.2, 0.25) is 0 Å². The van der Waals surface area contributed by atoms with Gasteiger partial charge in [-0.2, -0.15) is 21.6 Å². The van der Waals surface area contributed by atoms with E-state index in [1.165, 1.54) is 0 Å². The van der Waals surface area contributed by atoms with Gasteiger partial charge in [-0.25, -0.2) is 4.18 Å². The lowest BCUT2D eigenvalue weighted by atomic mass is 10.9. The molecule has 0 amide bonds. The van der Waals surface area contributed by atoms with Gasteiger partial charge in [0.25, 0.3) is 0 Å². The fraction of sp³-hybridized carbons (Fsp3) is 1.00. The molecule has 0 rings (SSSR count). The summed E-state index contributed by atoms with van der Waals surface area (Å²) >= 11 is 4.87. The summed E-state index contributed by atoms with van der Waals surface area (Å²) in [7, 11) is -5.53. The van der Waals surface area contributed by atoms with Gasteiger partial charge in [-0.3, -0.25) is 0 Å². The van der Waals surface area contributed by atoms with E-state index in [4.69, 9.17) is 11.6 Å². The van der Waals surface area contributed by atoms with E-state index in [2.05, 4.69) is 4.18 Å². The second-order valence-corrected chi connectivity index (χ2v) is 3.72. The predicted molar refractivity (Wildman–Crippen MR) is 31.4 cm³/mol. The maximum absolute atomic E-state index is 11.4. The van der Waals surface area contributed by atoms with E-state index in [1.54, 1.807) is 0 Å². The Kier molecular flexibility index (Phi) is 3.15. The molecule has 0 saturated carbocycles. The highest BCUT2D eigenvalue weighted by Crippen LogP contribution is 2.25. The Balaban J connectivity index is 4.51. The molecule has 0 spiro atoms. The molecule has 3 nitrogen and oxygen atoms in total. The molecule has 0 bridgehead atoms. The van der Waals surface area contributed by atoms with Gasteiger partial charge in [-0.15, -0.1) is 0 Å². The zero-order valence-corrected chi connectivity index (χ0v) is 6.79. The van der Waals surface area contributed by atoms with Gasteiger partial charge in [0, 0.05) is 0 Å². The highest BCUT2D eigenvalue weighted by Gasteiger charge is 2.48. The maximum Gasteiger partial charge on any atom is 0.523 e. The minimum atomic E-state index is -5.53. The highest BCUT2D eigenvalue weighted by molar-refractivity contribution is 7.87. The normalized spacial score (nSPS) is 16.5. The fourth-order valence-corrected chi connectivity index (χ4v) is 0.975. The molecule has 0 aromatic rings. The first-order valence-corrected chi connectivity index (χ1v) is 4.15. The van der Waals surface area contributed by atoms with Crippen LogP contribution in [0.3, 0.4) is 0 Å². The van der Waals surface area contributed by atoms with Crippen LogP contribution in [-0.2, 0) is 14.3 Å². The molecule has 8 heteroatoms. The lowest BCUT2D eigenvalue weighted by Crippen LogP contribution is -2.27. The summed E-state index contributed by atoms with van der Waals surface area (Å²) in [5.41, 5.74) is -6.93. The van der Waals surface area contributed by atoms with Crippen molar-refractivity contribution in [1.82, 2.24) is 0 Å². The first kappa shape index (κ1) is 11.0. The summed E-state index contributed by atoms with van der Waals surface area (Å²) in [4.78, 5) is 0. The van der Waals surface area contributed by atoms with Crippen molar-refractivity contribution in [3.63, 3.8) is 0 Å². The van der Waals surface area contributed by atoms with Gasteiger partial charge in [-0.1, -0.05) is 11.6 Å². The molecule has 0 saturated heterocycles. The molecule has 0 aromatic heterocycles. The summed E-state index contributed by atoms with van der Waals surface area (Å²) < 4.78 is 57.7. The van der Waals surface area contributed by atoms with Gasteiger partial charge in [-0.05, 0) is 6.92 Å². The van der Waals surface area contributed by atoms with E-state index < -0.39 is 21.2 Å². The van der Waals surface area contributed by atoms with E-state index in [-0.39, 0.29) is 0 Å². The average Bonchev–Trinajstić information content (AvgIpc) is 1.56. The third-order valence-corrected chi connectivity index (χ3v) is 1.85. The number of alkyl halides is 4. The third-order valence-electron chi connectivity index (χ3n) is 0.543. The number of rotatable bonds is 2. The van der Waals surface area contributed by atoms with Crippen LogP contribution in [0.25, 0.3) is 0 Å². The van der Waals surface area contributed by atoms with Gasteiger partial charge in [0.05, 0.1) is 0 Å². The number of hydrogen-bond donors (Lipinski definition) is 0. The van der Waals surface area contributed by atoms with Gasteiger partial charge in [0.2, 0.25) is 0 Å². The van der Waals surface area contributed by atoms with Crippen molar-refractivity contribution in [2.45, 2.75) is 18.0 Å². The summed E-state index contributed by atoms with van der Waals surface area (Å²) in [5.74, 6) is 0. The van der Waals surface area contributed by atoms with Crippen LogP contribution in [0.1, 0.15) is 6.92 Å². The van der Waals surface area contributed by atoms with Crippen LogP contribution in [0.4, 0.5) is 13.2 Å². The largest absolute Gasteiger partial charge is 0.523 e. The van der Waals surface area contributed by atoms with E-state index in [0.717, 1.165) is 6.92 Å². The van der Waals surface area contributed by atoms with Crippen LogP contribution in [-0.4, -0.2) is 19.5 Å². The molecular formula is C3H4ClF3O3S. The van der Waals surface area contributed by atoms with E-state index in [0.29, 0.717) is 0 Å². The molecule has 11 heavy (non-hydrogen) atoms. The van der Waals surface area contributed by atoms with Crippen molar-refractivity contribution in [2.75, 3.05) is 0 Å². The van der Waals surface area contributed by atoms with Crippen LogP contribution in [0.15, 0.2) is 0 Å². The second-order valence-electron chi connectivity index (χ2n) is 1.54. The van der Waals surface area contributed by atoms with E-state index >= 15 is 0 Å². The van der Waals surface area contributed by atoms with E-state index in [1.807, 2.05) is 0 Å². The van der Waals surface area contributed by atoms with Crippen molar-refractivity contribution >= 4 is 21.7 Å². The quantitative estimate of drug-likeness (QED) is 0.395. The molecule has 1 unspecified atom stereocenters. The maximum atomic E-state index is 11.4. The number of halogens is 4. The number of hydrogen-bond acceptors (Lipinski definition) is 3. The van der Waals surface area contributed by atoms with Crippen LogP contribution < -0.4 is 0 Å². The Morgan fingerprint density at radius 1 is 1.45 bits per heavy atom. The summed E-state index contributed by atoms with van der Waals surface area (Å²) in [6.45, 7) is 0.963. The molecule has 0 heterocycles. The Bertz CT molecular complexity index is 218. The highest BCUT2D eigenvalue weighted by atomic mass is 35.5. The zero-order valence-electron chi connectivity index (χ0n) is 5.22. The molecule has 0 radical (unpaired) electrons. The lowest BCUT2D eigenvalue weighted by molar-refractivity contribution is -0.0548.